The Morgan fingerprint density at radius 3 is 1.12 bits per heavy atom. The highest BCUT2D eigenvalue weighted by molar-refractivity contribution is 5.71. The number of hydrogen-bond acceptors (Lipinski definition) is 6. The van der Waals surface area contributed by atoms with Gasteiger partial charge in [-0.3, -0.25) is 14.4 Å². The van der Waals surface area contributed by atoms with E-state index in [-0.39, 0.29) is 37.5 Å². The fourth-order valence-corrected chi connectivity index (χ4v) is 6.97. The number of ether oxygens (including phenoxy) is 3. The first-order valence-electron chi connectivity index (χ1n) is 25.3. The highest BCUT2D eigenvalue weighted by Gasteiger charge is 2.19. The van der Waals surface area contributed by atoms with Crippen molar-refractivity contribution in [1.82, 2.24) is 0 Å². The third-order valence-corrected chi connectivity index (χ3v) is 10.8. The van der Waals surface area contributed by atoms with Gasteiger partial charge in [0, 0.05) is 19.3 Å². The van der Waals surface area contributed by atoms with Crippen molar-refractivity contribution in [3.63, 3.8) is 0 Å². The minimum atomic E-state index is -0.803. The summed E-state index contributed by atoms with van der Waals surface area (Å²) in [6.45, 7) is 6.44. The summed E-state index contributed by atoms with van der Waals surface area (Å²) in [6.07, 6.45) is 59.4. The number of allylic oxidation sites excluding steroid dienone is 10. The van der Waals surface area contributed by atoms with Gasteiger partial charge in [0.1, 0.15) is 13.2 Å². The molecule has 1 atom stereocenters. The molecule has 0 aliphatic heterocycles. The molecule has 60 heavy (non-hydrogen) atoms. The normalized spacial score (nSPS) is 12.5. The molecule has 0 radical (unpaired) electrons. The maximum absolute atomic E-state index is 12.8. The lowest BCUT2D eigenvalue weighted by molar-refractivity contribution is -0.167. The highest BCUT2D eigenvalue weighted by Crippen LogP contribution is 2.15. The van der Waals surface area contributed by atoms with Crippen LogP contribution in [-0.4, -0.2) is 37.2 Å². The quantitative estimate of drug-likeness (QED) is 0.0263. The molecule has 0 rings (SSSR count). The van der Waals surface area contributed by atoms with E-state index < -0.39 is 6.10 Å². The average molecular weight is 839 g/mol. The van der Waals surface area contributed by atoms with Crippen molar-refractivity contribution in [3.8, 4) is 0 Å². The predicted octanol–water partition coefficient (Wildman–Crippen LogP) is 16.5. The second-order valence-corrected chi connectivity index (χ2v) is 16.7. The first-order valence-corrected chi connectivity index (χ1v) is 25.3. The molecule has 0 amide bonds. The third-order valence-electron chi connectivity index (χ3n) is 10.8. The Kier molecular flexibility index (Phi) is 46.4. The van der Waals surface area contributed by atoms with Gasteiger partial charge in [0.05, 0.1) is 0 Å². The van der Waals surface area contributed by atoms with Crippen molar-refractivity contribution >= 4 is 17.9 Å². The number of carbonyl (C=O) groups is 3. The molecular formula is C54H94O6. The Bertz CT molecular complexity index is 1100. The molecule has 6 nitrogen and oxygen atoms in total. The summed E-state index contributed by atoms with van der Waals surface area (Å²) in [5, 5.41) is 0. The molecule has 0 saturated heterocycles. The first kappa shape index (κ1) is 57.1. The number of unbranched alkanes of at least 4 members (excludes halogenated alkanes) is 24. The number of carbonyl (C=O) groups excluding carboxylic acids is 3. The van der Waals surface area contributed by atoms with Crippen LogP contribution in [0.1, 0.15) is 245 Å². The van der Waals surface area contributed by atoms with Gasteiger partial charge in [0.15, 0.2) is 6.10 Å². The molecule has 0 heterocycles. The van der Waals surface area contributed by atoms with Crippen LogP contribution in [0.4, 0.5) is 0 Å². The molecular weight excluding hydrogens is 745 g/mol. The van der Waals surface area contributed by atoms with E-state index >= 15 is 0 Å². The lowest BCUT2D eigenvalue weighted by atomic mass is 10.0. The summed E-state index contributed by atoms with van der Waals surface area (Å²) >= 11 is 0. The molecule has 0 aromatic carbocycles. The van der Waals surface area contributed by atoms with Gasteiger partial charge in [0.2, 0.25) is 0 Å². The van der Waals surface area contributed by atoms with Crippen LogP contribution < -0.4 is 0 Å². The van der Waals surface area contributed by atoms with Gasteiger partial charge >= 0.3 is 17.9 Å². The molecule has 0 fully saturated rings. The second-order valence-electron chi connectivity index (χ2n) is 16.7. The van der Waals surface area contributed by atoms with E-state index in [4.69, 9.17) is 14.2 Å². The minimum Gasteiger partial charge on any atom is -0.462 e. The zero-order chi connectivity index (χ0) is 43.7. The predicted molar refractivity (Wildman–Crippen MR) is 256 cm³/mol. The van der Waals surface area contributed by atoms with Crippen LogP contribution in [0, 0.1) is 0 Å². The summed E-state index contributed by atoms with van der Waals surface area (Å²) in [4.78, 5) is 37.8. The molecule has 1 unspecified atom stereocenters. The molecule has 0 saturated carbocycles. The van der Waals surface area contributed by atoms with Gasteiger partial charge in [-0.05, 0) is 77.0 Å². The third kappa shape index (κ3) is 46.2. The van der Waals surface area contributed by atoms with Crippen molar-refractivity contribution in [2.75, 3.05) is 13.2 Å². The van der Waals surface area contributed by atoms with Crippen LogP contribution in [0.5, 0.6) is 0 Å². The van der Waals surface area contributed by atoms with E-state index in [2.05, 4.69) is 81.5 Å². The fourth-order valence-electron chi connectivity index (χ4n) is 6.97. The van der Waals surface area contributed by atoms with Crippen molar-refractivity contribution < 1.29 is 28.6 Å². The van der Waals surface area contributed by atoms with Crippen LogP contribution in [0.3, 0.4) is 0 Å². The van der Waals surface area contributed by atoms with Crippen LogP contribution in [0.2, 0.25) is 0 Å². The molecule has 0 aliphatic rings. The molecule has 0 N–H and O–H groups in total. The molecule has 6 heteroatoms. The summed E-state index contributed by atoms with van der Waals surface area (Å²) in [5.41, 5.74) is 0. The van der Waals surface area contributed by atoms with Crippen molar-refractivity contribution in [1.29, 1.82) is 0 Å². The molecule has 346 valence electrons. The van der Waals surface area contributed by atoms with E-state index in [9.17, 15) is 14.4 Å². The van der Waals surface area contributed by atoms with E-state index in [1.165, 1.54) is 128 Å². The van der Waals surface area contributed by atoms with Crippen molar-refractivity contribution in [3.05, 3.63) is 60.8 Å². The smallest absolute Gasteiger partial charge is 0.306 e. The Labute approximate surface area is 370 Å². The summed E-state index contributed by atoms with van der Waals surface area (Å²) in [6, 6.07) is 0. The van der Waals surface area contributed by atoms with Gasteiger partial charge in [-0.15, -0.1) is 0 Å². The SMILES string of the molecule is CC/C=C\C/C=C\CCCCC(=O)OCC(COC(=O)CCC/C=C\C/C=C\C/C=C\CCCCCCCC)OC(=O)CCCCCCCCCCCCCCCCCC. The number of hydrogen-bond donors (Lipinski definition) is 0. The van der Waals surface area contributed by atoms with Crippen molar-refractivity contribution in [2.24, 2.45) is 0 Å². The zero-order valence-corrected chi connectivity index (χ0v) is 39.5. The Balaban J connectivity index is 4.40. The van der Waals surface area contributed by atoms with Crippen LogP contribution in [-0.2, 0) is 28.6 Å². The fraction of sp³-hybridized carbons (Fsp3) is 0.759. The van der Waals surface area contributed by atoms with Gasteiger partial charge < -0.3 is 14.2 Å². The number of esters is 3. The lowest BCUT2D eigenvalue weighted by Crippen LogP contribution is -2.30. The number of rotatable bonds is 45. The maximum Gasteiger partial charge on any atom is 0.306 e. The lowest BCUT2D eigenvalue weighted by Gasteiger charge is -2.18. The van der Waals surface area contributed by atoms with Gasteiger partial charge in [0.25, 0.3) is 0 Å². The van der Waals surface area contributed by atoms with Crippen LogP contribution >= 0.6 is 0 Å². The van der Waals surface area contributed by atoms with Gasteiger partial charge in [-0.1, -0.05) is 210 Å². The molecule has 0 aliphatic carbocycles. The Morgan fingerprint density at radius 2 is 0.667 bits per heavy atom. The molecule has 0 aromatic rings. The molecule has 0 spiro atoms. The molecule has 0 aromatic heterocycles. The van der Waals surface area contributed by atoms with E-state index in [0.29, 0.717) is 19.3 Å². The first-order chi connectivity index (χ1) is 29.5. The van der Waals surface area contributed by atoms with Gasteiger partial charge in [-0.25, -0.2) is 0 Å². The summed E-state index contributed by atoms with van der Waals surface area (Å²) in [7, 11) is 0. The largest absolute Gasteiger partial charge is 0.462 e. The van der Waals surface area contributed by atoms with E-state index in [0.717, 1.165) is 70.6 Å². The highest BCUT2D eigenvalue weighted by atomic mass is 16.6. The summed E-state index contributed by atoms with van der Waals surface area (Å²) < 4.78 is 16.7. The van der Waals surface area contributed by atoms with Crippen molar-refractivity contribution in [2.45, 2.75) is 252 Å². The van der Waals surface area contributed by atoms with Crippen LogP contribution in [0.15, 0.2) is 60.8 Å². The minimum absolute atomic E-state index is 0.106. The van der Waals surface area contributed by atoms with Crippen LogP contribution in [0.25, 0.3) is 0 Å². The van der Waals surface area contributed by atoms with E-state index in [1.807, 2.05) is 0 Å². The van der Waals surface area contributed by atoms with Gasteiger partial charge in [-0.2, -0.15) is 0 Å². The standard InChI is InChI=1S/C54H94O6/c1-4-7-10-13-16-19-21-23-25-27-29-30-32-35-38-41-44-47-53(56)59-50-51(49-58-52(55)46-43-40-37-34-18-15-12-9-6-3)60-54(57)48-45-42-39-36-33-31-28-26-24-22-20-17-14-11-8-5-2/h9,12,18,23,25,29-30,34-35,38,51H,4-8,10-11,13-17,19-22,24,26-28,31-33,36-37,39-50H2,1-3H3/b12-9-,25-23-,30-29-,34-18-,38-35-. The molecule has 0 bridgehead atoms. The topological polar surface area (TPSA) is 78.9 Å². The Hall–Kier alpha value is -2.89. The monoisotopic (exact) mass is 839 g/mol. The second kappa shape index (κ2) is 48.8. The zero-order valence-electron chi connectivity index (χ0n) is 39.5. The van der Waals surface area contributed by atoms with E-state index in [1.54, 1.807) is 0 Å². The summed E-state index contributed by atoms with van der Waals surface area (Å²) in [5.74, 6) is -0.988. The Morgan fingerprint density at radius 1 is 0.350 bits per heavy atom. The maximum atomic E-state index is 12.8. The average Bonchev–Trinajstić information content (AvgIpc) is 3.24.